The van der Waals surface area contributed by atoms with Gasteiger partial charge in [-0.15, -0.1) is 0 Å². The van der Waals surface area contributed by atoms with Crippen molar-refractivity contribution in [2.24, 2.45) is 5.73 Å². The zero-order valence-electron chi connectivity index (χ0n) is 16.7. The van der Waals surface area contributed by atoms with Gasteiger partial charge in [0.1, 0.15) is 17.6 Å². The number of nitrogens with two attached hydrogens (primary N) is 1. The molecular weight excluding hydrogens is 494 g/mol. The Morgan fingerprint density at radius 1 is 1.16 bits per heavy atom. The Labute approximate surface area is 198 Å². The predicted octanol–water partition coefficient (Wildman–Crippen LogP) is 5.39. The number of hydrogen-bond acceptors (Lipinski definition) is 4. The number of primary amides is 1. The number of benzene rings is 3. The van der Waals surface area contributed by atoms with Gasteiger partial charge in [0.25, 0.3) is 0 Å². The van der Waals surface area contributed by atoms with Crippen molar-refractivity contribution in [3.63, 3.8) is 0 Å². The number of rotatable bonds is 5. The molecule has 0 aliphatic carbocycles. The molecule has 1 fully saturated rings. The summed E-state index contributed by atoms with van der Waals surface area (Å²) in [7, 11) is 0. The molecular formula is C24H17BrClN3O3. The molecule has 0 spiro atoms. The monoisotopic (exact) mass is 509 g/mol. The first kappa shape index (κ1) is 21.9. The lowest BCUT2D eigenvalue weighted by atomic mass is 9.97. The summed E-state index contributed by atoms with van der Waals surface area (Å²) in [6.45, 7) is 0.405. The van der Waals surface area contributed by atoms with Gasteiger partial charge in [0, 0.05) is 45.2 Å². The summed E-state index contributed by atoms with van der Waals surface area (Å²) >= 11 is 9.62. The van der Waals surface area contributed by atoms with Gasteiger partial charge in [0.05, 0.1) is 5.56 Å². The number of anilines is 1. The average molecular weight is 511 g/mol. The molecule has 1 aliphatic heterocycles. The van der Waals surface area contributed by atoms with Crippen LogP contribution >= 0.6 is 27.5 Å². The number of hydrogen-bond donors (Lipinski definition) is 1. The molecule has 32 heavy (non-hydrogen) atoms. The molecule has 0 bridgehead atoms. The number of amides is 2. The Morgan fingerprint density at radius 3 is 2.72 bits per heavy atom. The molecule has 4 rings (SSSR count). The van der Waals surface area contributed by atoms with Crippen LogP contribution in [0, 0.1) is 11.3 Å². The summed E-state index contributed by atoms with van der Waals surface area (Å²) in [5.41, 5.74) is 7.52. The SMILES string of the molecule is N#Cc1ccc(Br)cc1Oc1cc(Cl)ccc1[C@H]1CC(=O)N(c2cccc(C(N)=O)c2)C1. The number of halogens is 2. The number of carbonyl (C=O) groups is 2. The average Bonchev–Trinajstić information content (AvgIpc) is 3.15. The van der Waals surface area contributed by atoms with Gasteiger partial charge in [0.15, 0.2) is 0 Å². The number of nitriles is 1. The van der Waals surface area contributed by atoms with E-state index in [-0.39, 0.29) is 18.2 Å². The molecule has 1 atom stereocenters. The second-order valence-electron chi connectivity index (χ2n) is 7.36. The summed E-state index contributed by atoms with van der Waals surface area (Å²) in [6.07, 6.45) is 0.266. The molecule has 160 valence electrons. The summed E-state index contributed by atoms with van der Waals surface area (Å²) < 4.78 is 6.87. The molecule has 1 saturated heterocycles. The van der Waals surface area contributed by atoms with Crippen LogP contribution in [0.15, 0.2) is 65.1 Å². The van der Waals surface area contributed by atoms with Gasteiger partial charge in [-0.25, -0.2) is 0 Å². The van der Waals surface area contributed by atoms with Crippen LogP contribution in [0.2, 0.25) is 5.02 Å². The molecule has 6 nitrogen and oxygen atoms in total. The molecule has 3 aromatic rings. The van der Waals surface area contributed by atoms with Crippen molar-refractivity contribution in [1.29, 1.82) is 5.26 Å². The zero-order chi connectivity index (χ0) is 22.8. The molecule has 0 saturated carbocycles. The molecule has 8 heteroatoms. The van der Waals surface area contributed by atoms with E-state index in [1.807, 2.05) is 6.07 Å². The summed E-state index contributed by atoms with van der Waals surface area (Å²) in [5.74, 6) is 0.0894. The van der Waals surface area contributed by atoms with Crippen LogP contribution in [-0.2, 0) is 4.79 Å². The summed E-state index contributed by atoms with van der Waals surface area (Å²) in [5, 5.41) is 9.90. The number of carbonyl (C=O) groups excluding carboxylic acids is 2. The van der Waals surface area contributed by atoms with E-state index in [1.54, 1.807) is 59.5 Å². The van der Waals surface area contributed by atoms with E-state index in [1.165, 1.54) is 0 Å². The molecule has 1 heterocycles. The van der Waals surface area contributed by atoms with Gasteiger partial charge in [0.2, 0.25) is 11.8 Å². The Bertz CT molecular complexity index is 1270. The highest BCUT2D eigenvalue weighted by Gasteiger charge is 2.33. The molecule has 2 amide bonds. The first-order chi connectivity index (χ1) is 15.4. The number of nitrogens with zero attached hydrogens (tertiary/aromatic N) is 2. The second-order valence-corrected chi connectivity index (χ2v) is 8.71. The fourth-order valence-electron chi connectivity index (χ4n) is 3.72. The van der Waals surface area contributed by atoms with Crippen molar-refractivity contribution < 1.29 is 14.3 Å². The second kappa shape index (κ2) is 9.03. The minimum Gasteiger partial charge on any atom is -0.456 e. The minimum atomic E-state index is -0.550. The van der Waals surface area contributed by atoms with Crippen LogP contribution in [0.1, 0.15) is 33.8 Å². The third kappa shape index (κ3) is 4.47. The molecule has 0 unspecified atom stereocenters. The van der Waals surface area contributed by atoms with Crippen molar-refractivity contribution in [2.75, 3.05) is 11.4 Å². The third-order valence-corrected chi connectivity index (χ3v) is 6.00. The van der Waals surface area contributed by atoms with Crippen LogP contribution in [0.3, 0.4) is 0 Å². The Kier molecular flexibility index (Phi) is 6.17. The van der Waals surface area contributed by atoms with Gasteiger partial charge < -0.3 is 15.4 Å². The van der Waals surface area contributed by atoms with E-state index in [9.17, 15) is 14.9 Å². The maximum atomic E-state index is 12.8. The first-order valence-corrected chi connectivity index (χ1v) is 10.9. The zero-order valence-corrected chi connectivity index (χ0v) is 19.1. The van der Waals surface area contributed by atoms with E-state index < -0.39 is 5.91 Å². The Balaban J connectivity index is 1.66. The lowest BCUT2D eigenvalue weighted by molar-refractivity contribution is -0.117. The lowest BCUT2D eigenvalue weighted by Gasteiger charge is -2.19. The van der Waals surface area contributed by atoms with Gasteiger partial charge in [-0.05, 0) is 48.5 Å². The minimum absolute atomic E-state index is 0.0716. The fourth-order valence-corrected chi connectivity index (χ4v) is 4.22. The van der Waals surface area contributed by atoms with Crippen molar-refractivity contribution in [2.45, 2.75) is 12.3 Å². The van der Waals surface area contributed by atoms with Crippen LogP contribution in [0.4, 0.5) is 5.69 Å². The van der Waals surface area contributed by atoms with Gasteiger partial charge in [-0.2, -0.15) is 5.26 Å². The highest BCUT2D eigenvalue weighted by molar-refractivity contribution is 9.10. The topological polar surface area (TPSA) is 96.4 Å². The molecule has 1 aliphatic rings. The maximum Gasteiger partial charge on any atom is 0.248 e. The van der Waals surface area contributed by atoms with E-state index >= 15 is 0 Å². The van der Waals surface area contributed by atoms with Crippen molar-refractivity contribution in [3.05, 3.63) is 86.8 Å². The van der Waals surface area contributed by atoms with Crippen LogP contribution in [0.25, 0.3) is 0 Å². The summed E-state index contributed by atoms with van der Waals surface area (Å²) in [4.78, 5) is 26.0. The van der Waals surface area contributed by atoms with Gasteiger partial charge in [-0.1, -0.05) is 39.7 Å². The third-order valence-electron chi connectivity index (χ3n) is 5.27. The van der Waals surface area contributed by atoms with Crippen molar-refractivity contribution >= 4 is 45.0 Å². The summed E-state index contributed by atoms with van der Waals surface area (Å²) in [6, 6.07) is 19.2. The molecule has 0 aromatic heterocycles. The van der Waals surface area contributed by atoms with Gasteiger partial charge >= 0.3 is 0 Å². The van der Waals surface area contributed by atoms with Crippen LogP contribution in [-0.4, -0.2) is 18.4 Å². The van der Waals surface area contributed by atoms with E-state index in [4.69, 9.17) is 22.1 Å². The standard InChI is InChI=1S/C24H17BrClN3O3/c25-17-5-4-15(12-27)21(10-17)32-22-11-18(26)6-7-20(22)16-9-23(30)29(13-16)19-3-1-2-14(8-19)24(28)31/h1-8,10-11,16H,9,13H2,(H2,28,31)/t16-/m0/s1. The number of ether oxygens (including phenoxy) is 1. The van der Waals surface area contributed by atoms with E-state index in [0.717, 1.165) is 10.0 Å². The van der Waals surface area contributed by atoms with E-state index in [2.05, 4.69) is 22.0 Å². The highest BCUT2D eigenvalue weighted by Crippen LogP contribution is 2.40. The van der Waals surface area contributed by atoms with Crippen LogP contribution in [0.5, 0.6) is 11.5 Å². The first-order valence-electron chi connectivity index (χ1n) is 9.73. The molecule has 2 N–H and O–H groups in total. The predicted molar refractivity (Wildman–Crippen MR) is 125 cm³/mol. The largest absolute Gasteiger partial charge is 0.456 e. The van der Waals surface area contributed by atoms with E-state index in [0.29, 0.717) is 39.9 Å². The highest BCUT2D eigenvalue weighted by atomic mass is 79.9. The van der Waals surface area contributed by atoms with Crippen LogP contribution < -0.4 is 15.4 Å². The Hall–Kier alpha value is -3.34. The lowest BCUT2D eigenvalue weighted by Crippen LogP contribution is -2.24. The molecule has 0 radical (unpaired) electrons. The molecule has 3 aromatic carbocycles. The Morgan fingerprint density at radius 2 is 1.97 bits per heavy atom. The normalized spacial score (nSPS) is 15.5. The smallest absolute Gasteiger partial charge is 0.248 e. The maximum absolute atomic E-state index is 12.8. The van der Waals surface area contributed by atoms with Crippen molar-refractivity contribution in [1.82, 2.24) is 0 Å². The fraction of sp³-hybridized carbons (Fsp3) is 0.125. The van der Waals surface area contributed by atoms with Crippen molar-refractivity contribution in [3.8, 4) is 17.6 Å². The quantitative estimate of drug-likeness (QED) is 0.498. The van der Waals surface area contributed by atoms with Gasteiger partial charge in [-0.3, -0.25) is 9.59 Å².